The maximum Gasteiger partial charge on any atom is 0.320 e. The molecule has 0 aliphatic heterocycles. The number of nitrogens with one attached hydrogen (secondary N) is 2. The minimum atomic E-state index is -0.337. The van der Waals surface area contributed by atoms with Gasteiger partial charge in [0.1, 0.15) is 17.3 Å². The number of urea groups is 1. The third kappa shape index (κ3) is 5.46. The van der Waals surface area contributed by atoms with E-state index in [-0.39, 0.29) is 11.8 Å². The maximum absolute atomic E-state index is 13.9. The van der Waals surface area contributed by atoms with Gasteiger partial charge in [-0.3, -0.25) is 5.32 Å². The number of rotatable bonds is 7. The molecule has 3 aromatic heterocycles. The third-order valence-electron chi connectivity index (χ3n) is 5.93. The number of anilines is 1. The molecule has 0 unspecified atom stereocenters. The highest BCUT2D eigenvalue weighted by atomic mass is 32.2. The molecule has 9 heteroatoms. The predicted octanol–water partition coefficient (Wildman–Crippen LogP) is 5.99. The monoisotopic (exact) mass is 512 g/mol. The fourth-order valence-corrected chi connectivity index (χ4v) is 4.58. The summed E-state index contributed by atoms with van der Waals surface area (Å²) < 4.78 is 15.7. The lowest BCUT2D eigenvalue weighted by Gasteiger charge is -2.10. The van der Waals surface area contributed by atoms with Crippen LogP contribution in [0.1, 0.15) is 11.1 Å². The van der Waals surface area contributed by atoms with Gasteiger partial charge >= 0.3 is 6.03 Å². The number of nitrogens with zero attached hydrogens (tertiary/aromatic N) is 4. The number of aromatic nitrogens is 4. The molecule has 0 spiro atoms. The second kappa shape index (κ2) is 10.8. The Bertz CT molecular complexity index is 1580. The first-order valence-electron chi connectivity index (χ1n) is 11.8. The molecule has 5 aromatic rings. The summed E-state index contributed by atoms with van der Waals surface area (Å²) in [4.78, 5) is 22.8. The number of fused-ring (bicyclic) bond motifs is 1. The second-order valence-corrected chi connectivity index (χ2v) is 9.36. The van der Waals surface area contributed by atoms with Crippen LogP contribution in [-0.2, 0) is 6.42 Å². The highest BCUT2D eigenvalue weighted by Crippen LogP contribution is 2.33. The van der Waals surface area contributed by atoms with Crippen LogP contribution in [0, 0.1) is 12.7 Å². The number of carbonyl (C=O) groups is 1. The van der Waals surface area contributed by atoms with E-state index in [9.17, 15) is 9.18 Å². The lowest BCUT2D eigenvalue weighted by Crippen LogP contribution is -2.30. The van der Waals surface area contributed by atoms with E-state index in [1.807, 2.05) is 30.5 Å². The quantitative estimate of drug-likeness (QED) is 0.262. The summed E-state index contributed by atoms with van der Waals surface area (Å²) in [7, 11) is 0. The first-order valence-corrected chi connectivity index (χ1v) is 13.0. The van der Waals surface area contributed by atoms with Gasteiger partial charge in [-0.25, -0.2) is 23.7 Å². The molecule has 0 saturated heterocycles. The summed E-state index contributed by atoms with van der Waals surface area (Å²) >= 11 is 1.69. The van der Waals surface area contributed by atoms with Crippen LogP contribution in [-0.4, -0.2) is 38.4 Å². The minimum absolute atomic E-state index is 0.273. The van der Waals surface area contributed by atoms with Crippen molar-refractivity contribution in [2.24, 2.45) is 0 Å². The Morgan fingerprint density at radius 2 is 1.92 bits per heavy atom. The van der Waals surface area contributed by atoms with Gasteiger partial charge in [0.15, 0.2) is 5.65 Å². The first kappa shape index (κ1) is 24.5. The zero-order valence-corrected chi connectivity index (χ0v) is 21.2. The molecule has 0 saturated carbocycles. The summed E-state index contributed by atoms with van der Waals surface area (Å²) in [5.74, 6) is 0.122. The number of benzene rings is 2. The van der Waals surface area contributed by atoms with Crippen molar-refractivity contribution in [2.45, 2.75) is 18.2 Å². The third-order valence-corrected chi connectivity index (χ3v) is 6.66. The van der Waals surface area contributed by atoms with E-state index in [0.717, 1.165) is 28.8 Å². The van der Waals surface area contributed by atoms with Gasteiger partial charge in [-0.05, 0) is 85.3 Å². The van der Waals surface area contributed by atoms with E-state index in [4.69, 9.17) is 4.98 Å². The molecule has 2 aromatic carbocycles. The number of halogens is 1. The molecule has 37 heavy (non-hydrogen) atoms. The van der Waals surface area contributed by atoms with E-state index in [0.29, 0.717) is 29.3 Å². The zero-order chi connectivity index (χ0) is 25.8. The average Bonchev–Trinajstić information content (AvgIpc) is 3.30. The van der Waals surface area contributed by atoms with E-state index < -0.39 is 0 Å². The molecular weight excluding hydrogens is 487 g/mol. The van der Waals surface area contributed by atoms with E-state index in [1.54, 1.807) is 53.8 Å². The number of hydrogen-bond donors (Lipinski definition) is 2. The molecule has 2 amide bonds. The number of carbonyl (C=O) groups excluding carboxylic acids is 1. The Morgan fingerprint density at radius 3 is 2.76 bits per heavy atom. The summed E-state index contributed by atoms with van der Waals surface area (Å²) in [6.07, 6.45) is 6.07. The molecule has 2 N–H and O–H groups in total. The Morgan fingerprint density at radius 1 is 1.03 bits per heavy atom. The average molecular weight is 513 g/mol. The smallest absolute Gasteiger partial charge is 0.320 e. The molecule has 5 rings (SSSR count). The number of imidazole rings is 1. The minimum Gasteiger partial charge on any atom is -0.337 e. The van der Waals surface area contributed by atoms with Gasteiger partial charge in [-0.2, -0.15) is 5.10 Å². The van der Waals surface area contributed by atoms with Crippen LogP contribution in [0.25, 0.3) is 28.2 Å². The Hall–Kier alpha value is -4.24. The normalized spacial score (nSPS) is 11.0. The van der Waals surface area contributed by atoms with Crippen molar-refractivity contribution in [3.05, 3.63) is 96.1 Å². The molecule has 0 bridgehead atoms. The van der Waals surface area contributed by atoms with Gasteiger partial charge in [-0.15, -0.1) is 11.8 Å². The summed E-state index contributed by atoms with van der Waals surface area (Å²) in [6, 6.07) is 20.1. The van der Waals surface area contributed by atoms with Crippen molar-refractivity contribution in [3.63, 3.8) is 0 Å². The Kier molecular flexibility index (Phi) is 7.14. The number of thioether (sulfide) groups is 1. The molecule has 0 radical (unpaired) electrons. The molecule has 3 heterocycles. The van der Waals surface area contributed by atoms with E-state index >= 15 is 0 Å². The van der Waals surface area contributed by atoms with E-state index in [2.05, 4.69) is 38.9 Å². The Labute approximate surface area is 218 Å². The standard InChI is InChI=1S/C28H25FN6OS/c1-18-15-20(8-9-23(18)29)26-27(35-25(34-26)7-4-12-32-35)21-11-14-30-24(17-21)33-28(36)31-13-10-19-5-3-6-22(16-19)37-2/h3-9,11-12,14-17H,10,13H2,1-2H3,(H2,30,31,33,36). The summed E-state index contributed by atoms with van der Waals surface area (Å²) in [5.41, 5.74) is 5.27. The Balaban J connectivity index is 1.37. The van der Waals surface area contributed by atoms with Crippen molar-refractivity contribution >= 4 is 29.3 Å². The van der Waals surface area contributed by atoms with Crippen LogP contribution in [0.2, 0.25) is 0 Å². The van der Waals surface area contributed by atoms with Crippen molar-refractivity contribution in [1.82, 2.24) is 24.9 Å². The largest absolute Gasteiger partial charge is 0.337 e. The van der Waals surface area contributed by atoms with Crippen LogP contribution in [0.15, 0.2) is 84.0 Å². The van der Waals surface area contributed by atoms with Crippen molar-refractivity contribution in [1.29, 1.82) is 0 Å². The highest BCUT2D eigenvalue weighted by Gasteiger charge is 2.18. The molecule has 0 atom stereocenters. The second-order valence-electron chi connectivity index (χ2n) is 8.48. The molecule has 0 aliphatic rings. The summed E-state index contributed by atoms with van der Waals surface area (Å²) in [6.45, 7) is 2.22. The topological polar surface area (TPSA) is 84.2 Å². The number of aryl methyl sites for hydroxylation is 1. The van der Waals surface area contributed by atoms with Crippen molar-refractivity contribution in [3.8, 4) is 22.5 Å². The molecule has 0 aliphatic carbocycles. The van der Waals surface area contributed by atoms with Gasteiger partial charge in [0, 0.05) is 35.0 Å². The predicted molar refractivity (Wildman–Crippen MR) is 145 cm³/mol. The first-order chi connectivity index (χ1) is 18.0. The van der Waals surface area contributed by atoms with Crippen LogP contribution < -0.4 is 10.6 Å². The van der Waals surface area contributed by atoms with Crippen molar-refractivity contribution < 1.29 is 9.18 Å². The molecule has 0 fully saturated rings. The SMILES string of the molecule is CSc1cccc(CCNC(=O)Nc2cc(-c3c(-c4ccc(F)c(C)c4)nc4cccnn34)ccn2)c1. The molecule has 186 valence electrons. The molecular formula is C28H25FN6OS. The molecule has 7 nitrogen and oxygen atoms in total. The highest BCUT2D eigenvalue weighted by molar-refractivity contribution is 7.98. The fraction of sp³-hybridized carbons (Fsp3) is 0.143. The van der Waals surface area contributed by atoms with E-state index in [1.165, 1.54) is 11.0 Å². The maximum atomic E-state index is 13.9. The van der Waals surface area contributed by atoms with Crippen LogP contribution >= 0.6 is 11.8 Å². The number of amides is 2. The van der Waals surface area contributed by atoms with Gasteiger partial charge in [0.05, 0.1) is 5.69 Å². The zero-order valence-electron chi connectivity index (χ0n) is 20.4. The lowest BCUT2D eigenvalue weighted by atomic mass is 10.0. The van der Waals surface area contributed by atoms with Crippen molar-refractivity contribution in [2.75, 3.05) is 18.1 Å². The summed E-state index contributed by atoms with van der Waals surface area (Å²) in [5, 5.41) is 10.2. The number of pyridine rings is 1. The number of hydrogen-bond acceptors (Lipinski definition) is 5. The van der Waals surface area contributed by atoms with Crippen LogP contribution in [0.4, 0.5) is 15.0 Å². The van der Waals surface area contributed by atoms with Crippen LogP contribution in [0.3, 0.4) is 0 Å². The van der Waals surface area contributed by atoms with Gasteiger partial charge < -0.3 is 5.32 Å². The lowest BCUT2D eigenvalue weighted by molar-refractivity contribution is 0.252. The van der Waals surface area contributed by atoms with Crippen LogP contribution in [0.5, 0.6) is 0 Å². The van der Waals surface area contributed by atoms with Gasteiger partial charge in [0.25, 0.3) is 0 Å². The van der Waals surface area contributed by atoms with Gasteiger partial charge in [0.2, 0.25) is 0 Å². The fourth-order valence-electron chi connectivity index (χ4n) is 4.10. The van der Waals surface area contributed by atoms with Gasteiger partial charge in [-0.1, -0.05) is 12.1 Å².